The molecule has 0 atom stereocenters. The fourth-order valence-corrected chi connectivity index (χ4v) is 1.62. The third-order valence-corrected chi connectivity index (χ3v) is 2.43. The first-order valence-electron chi connectivity index (χ1n) is 4.59. The quantitative estimate of drug-likeness (QED) is 0.578. The molecule has 0 saturated heterocycles. The summed E-state index contributed by atoms with van der Waals surface area (Å²) in [6.07, 6.45) is 1.43. The molecule has 2 rings (SSSR count). The summed E-state index contributed by atoms with van der Waals surface area (Å²) >= 11 is 0. The number of carbonyl (C=O) groups is 1. The van der Waals surface area contributed by atoms with Crippen LogP contribution in [0, 0.1) is 0 Å². The summed E-state index contributed by atoms with van der Waals surface area (Å²) in [6, 6.07) is 0. The van der Waals surface area contributed by atoms with Gasteiger partial charge in [-0.2, -0.15) is 4.57 Å². The van der Waals surface area contributed by atoms with Gasteiger partial charge in [0.15, 0.2) is 11.2 Å². The minimum atomic E-state index is -0.677. The molecule has 16 heavy (non-hydrogen) atoms. The molecule has 0 saturated carbocycles. The van der Waals surface area contributed by atoms with Crippen LogP contribution in [0.2, 0.25) is 0 Å². The lowest BCUT2D eigenvalue weighted by atomic mass is 10.5. The Labute approximate surface area is 89.6 Å². The average Bonchev–Trinajstić information content (AvgIpc) is 2.57. The van der Waals surface area contributed by atoms with Crippen molar-refractivity contribution in [3.05, 3.63) is 27.2 Å². The zero-order valence-corrected chi connectivity index (χ0v) is 9.09. The molecule has 84 valence electrons. The maximum Gasteiger partial charge on any atom is 0.339 e. The summed E-state index contributed by atoms with van der Waals surface area (Å²) in [5.74, 6) is -0.603. The average molecular weight is 222 g/mol. The zero-order chi connectivity index (χ0) is 12.0. The van der Waals surface area contributed by atoms with Crippen molar-refractivity contribution in [1.82, 2.24) is 18.7 Å². The molecule has 0 radical (unpaired) electrons. The maximum atomic E-state index is 11.9. The third kappa shape index (κ3) is 1.14. The first-order chi connectivity index (χ1) is 7.45. The largest absolute Gasteiger partial charge is 0.339 e. The van der Waals surface area contributed by atoms with Crippen LogP contribution in [0.3, 0.4) is 0 Å². The van der Waals surface area contributed by atoms with Gasteiger partial charge in [-0.25, -0.2) is 9.78 Å². The lowest BCUT2D eigenvalue weighted by Crippen LogP contribution is -2.42. The molecule has 7 nitrogen and oxygen atoms in total. The Hall–Kier alpha value is -2.18. The SMILES string of the molecule is CC(=O)n1c(=O)c2c(ncn2C)n(C)c1=O. The molecular weight excluding hydrogens is 212 g/mol. The Kier molecular flexibility index (Phi) is 2.04. The van der Waals surface area contributed by atoms with E-state index in [9.17, 15) is 14.4 Å². The van der Waals surface area contributed by atoms with Gasteiger partial charge in [-0.05, 0) is 0 Å². The minimum absolute atomic E-state index is 0.234. The predicted octanol–water partition coefficient (Wildman–Crippen LogP) is -0.906. The van der Waals surface area contributed by atoms with E-state index in [1.165, 1.54) is 29.4 Å². The van der Waals surface area contributed by atoms with Crippen LogP contribution in [0.1, 0.15) is 11.7 Å². The molecule has 2 aromatic heterocycles. The summed E-state index contributed by atoms with van der Waals surface area (Å²) in [7, 11) is 3.10. The summed E-state index contributed by atoms with van der Waals surface area (Å²) in [6.45, 7) is 1.17. The predicted molar refractivity (Wildman–Crippen MR) is 56.5 cm³/mol. The van der Waals surface area contributed by atoms with Gasteiger partial charge >= 0.3 is 5.69 Å². The molecule has 0 aliphatic rings. The van der Waals surface area contributed by atoms with Gasteiger partial charge in [0.05, 0.1) is 6.33 Å². The van der Waals surface area contributed by atoms with E-state index in [0.29, 0.717) is 4.57 Å². The van der Waals surface area contributed by atoms with Gasteiger partial charge in [-0.1, -0.05) is 0 Å². The summed E-state index contributed by atoms with van der Waals surface area (Å²) in [5.41, 5.74) is -0.804. The minimum Gasteiger partial charge on any atom is -0.328 e. The number of aryl methyl sites for hydroxylation is 2. The zero-order valence-electron chi connectivity index (χ0n) is 9.09. The highest BCUT2D eigenvalue weighted by Crippen LogP contribution is 2.02. The van der Waals surface area contributed by atoms with Gasteiger partial charge in [0.2, 0.25) is 5.91 Å². The van der Waals surface area contributed by atoms with Gasteiger partial charge < -0.3 is 4.57 Å². The summed E-state index contributed by atoms with van der Waals surface area (Å²) < 4.78 is 3.26. The maximum absolute atomic E-state index is 11.9. The van der Waals surface area contributed by atoms with Crippen molar-refractivity contribution in [3.63, 3.8) is 0 Å². The van der Waals surface area contributed by atoms with Crippen molar-refractivity contribution in [3.8, 4) is 0 Å². The molecule has 0 spiro atoms. The van der Waals surface area contributed by atoms with E-state index in [0.717, 1.165) is 0 Å². The fraction of sp³-hybridized carbons (Fsp3) is 0.333. The number of hydrogen-bond acceptors (Lipinski definition) is 4. The molecule has 0 bridgehead atoms. The normalized spacial score (nSPS) is 10.9. The van der Waals surface area contributed by atoms with Crippen molar-refractivity contribution in [2.24, 2.45) is 14.1 Å². The second-order valence-electron chi connectivity index (χ2n) is 3.53. The first-order valence-corrected chi connectivity index (χ1v) is 4.59. The van der Waals surface area contributed by atoms with Crippen LogP contribution in [-0.4, -0.2) is 24.6 Å². The lowest BCUT2D eigenvalue weighted by Gasteiger charge is -2.04. The van der Waals surface area contributed by atoms with Gasteiger partial charge in [0.25, 0.3) is 5.56 Å². The Morgan fingerprint density at radius 1 is 1.31 bits per heavy atom. The topological polar surface area (TPSA) is 78.9 Å². The molecule has 0 fully saturated rings. The second-order valence-corrected chi connectivity index (χ2v) is 3.53. The Morgan fingerprint density at radius 2 is 1.94 bits per heavy atom. The number of fused-ring (bicyclic) bond motifs is 1. The van der Waals surface area contributed by atoms with Gasteiger partial charge in [-0.15, -0.1) is 0 Å². The van der Waals surface area contributed by atoms with Crippen LogP contribution in [0.15, 0.2) is 15.9 Å². The van der Waals surface area contributed by atoms with E-state index in [2.05, 4.69) is 4.98 Å². The van der Waals surface area contributed by atoms with Crippen molar-refractivity contribution in [1.29, 1.82) is 0 Å². The Bertz CT molecular complexity index is 704. The standard InChI is InChI=1S/C9H10N4O3/c1-5(14)13-8(15)6-7(10-4-11(6)2)12(3)9(13)16/h4H,1-3H3. The van der Waals surface area contributed by atoms with Crippen LogP contribution in [-0.2, 0) is 14.1 Å². The first kappa shape index (κ1) is 10.3. The number of hydrogen-bond donors (Lipinski definition) is 0. The van der Waals surface area contributed by atoms with E-state index < -0.39 is 17.2 Å². The number of carbonyl (C=O) groups excluding carboxylic acids is 1. The molecule has 0 unspecified atom stereocenters. The van der Waals surface area contributed by atoms with E-state index in [1.807, 2.05) is 0 Å². The van der Waals surface area contributed by atoms with E-state index in [1.54, 1.807) is 7.05 Å². The van der Waals surface area contributed by atoms with E-state index in [4.69, 9.17) is 0 Å². The summed E-state index contributed by atoms with van der Waals surface area (Å²) in [4.78, 5) is 38.8. The fourth-order valence-electron chi connectivity index (χ4n) is 1.62. The highest BCUT2D eigenvalue weighted by molar-refractivity contribution is 5.79. The molecule has 0 amide bonds. The molecule has 0 N–H and O–H groups in total. The second kappa shape index (κ2) is 3.16. The smallest absolute Gasteiger partial charge is 0.328 e. The third-order valence-electron chi connectivity index (χ3n) is 2.43. The van der Waals surface area contributed by atoms with E-state index in [-0.39, 0.29) is 11.2 Å². The number of aromatic nitrogens is 4. The van der Waals surface area contributed by atoms with Crippen molar-refractivity contribution in [2.45, 2.75) is 6.92 Å². The van der Waals surface area contributed by atoms with Crippen LogP contribution in [0.5, 0.6) is 0 Å². The monoisotopic (exact) mass is 222 g/mol. The van der Waals surface area contributed by atoms with Crippen LogP contribution in [0.25, 0.3) is 11.2 Å². The highest BCUT2D eigenvalue weighted by atomic mass is 16.2. The molecule has 7 heteroatoms. The molecule has 0 aromatic carbocycles. The number of nitrogens with zero attached hydrogens (tertiary/aromatic N) is 4. The van der Waals surface area contributed by atoms with Crippen LogP contribution in [0.4, 0.5) is 0 Å². The van der Waals surface area contributed by atoms with E-state index >= 15 is 0 Å². The van der Waals surface area contributed by atoms with Gasteiger partial charge in [0, 0.05) is 21.0 Å². The summed E-state index contributed by atoms with van der Waals surface area (Å²) in [5, 5.41) is 0. The van der Waals surface area contributed by atoms with Crippen LogP contribution >= 0.6 is 0 Å². The van der Waals surface area contributed by atoms with Crippen molar-refractivity contribution >= 4 is 17.1 Å². The molecule has 0 aliphatic heterocycles. The molecule has 2 aromatic rings. The van der Waals surface area contributed by atoms with Gasteiger partial charge in [-0.3, -0.25) is 14.2 Å². The van der Waals surface area contributed by atoms with Crippen molar-refractivity contribution in [2.75, 3.05) is 0 Å². The highest BCUT2D eigenvalue weighted by Gasteiger charge is 2.16. The molecule has 0 aliphatic carbocycles. The number of imidazole rings is 1. The molecular formula is C9H10N4O3. The van der Waals surface area contributed by atoms with Crippen molar-refractivity contribution < 1.29 is 4.79 Å². The van der Waals surface area contributed by atoms with Gasteiger partial charge in [0.1, 0.15) is 0 Å². The molecule has 2 heterocycles. The lowest BCUT2D eigenvalue weighted by molar-refractivity contribution is 0.0926. The Balaban J connectivity index is 3.17. The Morgan fingerprint density at radius 3 is 2.50 bits per heavy atom. The van der Waals surface area contributed by atoms with Crippen LogP contribution < -0.4 is 11.2 Å². The number of rotatable bonds is 0.